The van der Waals surface area contributed by atoms with E-state index in [1.54, 1.807) is 6.92 Å². The predicted molar refractivity (Wildman–Crippen MR) is 98.4 cm³/mol. The fourth-order valence-corrected chi connectivity index (χ4v) is 3.25. The lowest BCUT2D eigenvalue weighted by Crippen LogP contribution is -2.41. The van der Waals surface area contributed by atoms with Crippen molar-refractivity contribution in [1.82, 2.24) is 15.2 Å². The molecule has 1 N–H and O–H groups in total. The van der Waals surface area contributed by atoms with Crippen molar-refractivity contribution in [2.24, 2.45) is 0 Å². The third-order valence-corrected chi connectivity index (χ3v) is 4.97. The first-order valence-electron chi connectivity index (χ1n) is 9.31. The highest BCUT2D eigenvalue weighted by Crippen LogP contribution is 2.31. The van der Waals surface area contributed by atoms with Gasteiger partial charge >= 0.3 is 6.18 Å². The largest absolute Gasteiger partial charge is 0.441 e. The minimum Gasteiger partial charge on any atom is -0.441 e. The number of carbonyl (C=O) groups excluding carboxylic acids is 1. The van der Waals surface area contributed by atoms with Crippen LogP contribution in [0.4, 0.5) is 13.2 Å². The summed E-state index contributed by atoms with van der Waals surface area (Å²) in [5, 5.41) is 2.97. The van der Waals surface area contributed by atoms with Gasteiger partial charge in [-0.15, -0.1) is 0 Å². The highest BCUT2D eigenvalue weighted by Gasteiger charge is 2.30. The van der Waals surface area contributed by atoms with Crippen LogP contribution in [-0.2, 0) is 17.5 Å². The van der Waals surface area contributed by atoms with Crippen molar-refractivity contribution in [1.29, 1.82) is 0 Å². The first-order chi connectivity index (χ1) is 13.1. The number of nitrogens with one attached hydrogen (secondary N) is 1. The molecule has 1 atom stereocenters. The van der Waals surface area contributed by atoms with Gasteiger partial charge in [0.15, 0.2) is 0 Å². The number of halogens is 3. The molecule has 1 amide bonds. The SMILES string of the molecule is Cc1oc(-c2ccc(C(F)(F)F)cc2)nc1CN(CC1CCC(=O)N1)C(C)C. The first-order valence-corrected chi connectivity index (χ1v) is 9.31. The number of amides is 1. The summed E-state index contributed by atoms with van der Waals surface area (Å²) in [6.07, 6.45) is -3.00. The summed E-state index contributed by atoms with van der Waals surface area (Å²) in [6, 6.07) is 5.15. The van der Waals surface area contributed by atoms with Crippen LogP contribution in [0.1, 0.15) is 43.7 Å². The van der Waals surface area contributed by atoms with Gasteiger partial charge < -0.3 is 9.73 Å². The second-order valence-electron chi connectivity index (χ2n) is 7.42. The van der Waals surface area contributed by atoms with Gasteiger partial charge in [0.25, 0.3) is 0 Å². The standard InChI is InChI=1S/C20H24F3N3O2/c1-12(2)26(10-16-8-9-18(27)24-16)11-17-13(3)28-19(25-17)14-4-6-15(7-5-14)20(21,22)23/h4-7,12,16H,8-11H2,1-3H3,(H,24,27). The van der Waals surface area contributed by atoms with Crippen molar-refractivity contribution < 1.29 is 22.4 Å². The van der Waals surface area contributed by atoms with Crippen LogP contribution in [0.25, 0.3) is 11.5 Å². The van der Waals surface area contributed by atoms with Gasteiger partial charge in [-0.25, -0.2) is 4.98 Å². The van der Waals surface area contributed by atoms with Crippen molar-refractivity contribution in [3.05, 3.63) is 41.3 Å². The van der Waals surface area contributed by atoms with Crippen LogP contribution >= 0.6 is 0 Å². The number of aryl methyl sites for hydroxylation is 1. The van der Waals surface area contributed by atoms with Gasteiger partial charge in [0.2, 0.25) is 11.8 Å². The Bertz CT molecular complexity index is 828. The number of hydrogen-bond acceptors (Lipinski definition) is 4. The zero-order valence-electron chi connectivity index (χ0n) is 16.1. The summed E-state index contributed by atoms with van der Waals surface area (Å²) in [5.41, 5.74) is 0.541. The van der Waals surface area contributed by atoms with Gasteiger partial charge in [-0.1, -0.05) is 0 Å². The zero-order chi connectivity index (χ0) is 20.5. The second-order valence-corrected chi connectivity index (χ2v) is 7.42. The molecular formula is C20H24F3N3O2. The molecule has 1 aliphatic rings. The van der Waals surface area contributed by atoms with Crippen molar-refractivity contribution >= 4 is 5.91 Å². The molecule has 0 radical (unpaired) electrons. The average molecular weight is 395 g/mol. The molecule has 2 heterocycles. The molecule has 28 heavy (non-hydrogen) atoms. The summed E-state index contributed by atoms with van der Waals surface area (Å²) in [5.74, 6) is 1.02. The van der Waals surface area contributed by atoms with Crippen LogP contribution in [0.3, 0.4) is 0 Å². The molecule has 0 aliphatic carbocycles. The summed E-state index contributed by atoms with van der Waals surface area (Å²) in [6.45, 7) is 7.20. The van der Waals surface area contributed by atoms with Crippen LogP contribution in [0.15, 0.2) is 28.7 Å². The minimum atomic E-state index is -4.37. The summed E-state index contributed by atoms with van der Waals surface area (Å²) >= 11 is 0. The fourth-order valence-electron chi connectivity index (χ4n) is 3.25. The number of hydrogen-bond donors (Lipinski definition) is 1. The Kier molecular flexibility index (Phi) is 5.79. The number of carbonyl (C=O) groups is 1. The van der Waals surface area contributed by atoms with E-state index >= 15 is 0 Å². The van der Waals surface area contributed by atoms with Crippen LogP contribution < -0.4 is 5.32 Å². The number of rotatable bonds is 6. The number of alkyl halides is 3. The summed E-state index contributed by atoms with van der Waals surface area (Å²) < 4.78 is 43.9. The Balaban J connectivity index is 1.74. The van der Waals surface area contributed by atoms with Crippen molar-refractivity contribution in [2.75, 3.05) is 6.54 Å². The molecule has 2 aromatic rings. The highest BCUT2D eigenvalue weighted by atomic mass is 19.4. The van der Waals surface area contributed by atoms with Gasteiger partial charge in [0, 0.05) is 37.2 Å². The molecule has 1 saturated heterocycles. The molecule has 1 fully saturated rings. The maximum Gasteiger partial charge on any atom is 0.416 e. The monoisotopic (exact) mass is 395 g/mol. The predicted octanol–water partition coefficient (Wildman–Crippen LogP) is 4.16. The van der Waals surface area contributed by atoms with Gasteiger partial charge in [0.05, 0.1) is 11.3 Å². The molecule has 152 valence electrons. The van der Waals surface area contributed by atoms with Crippen LogP contribution in [0.2, 0.25) is 0 Å². The molecular weight excluding hydrogens is 371 g/mol. The maximum absolute atomic E-state index is 12.7. The quantitative estimate of drug-likeness (QED) is 0.798. The Morgan fingerprint density at radius 2 is 1.96 bits per heavy atom. The van der Waals surface area contributed by atoms with Gasteiger partial charge in [-0.2, -0.15) is 13.2 Å². The third-order valence-electron chi connectivity index (χ3n) is 4.97. The highest BCUT2D eigenvalue weighted by molar-refractivity contribution is 5.78. The molecule has 1 aliphatic heterocycles. The average Bonchev–Trinajstić information content (AvgIpc) is 3.19. The van der Waals surface area contributed by atoms with Crippen LogP contribution in [0.5, 0.6) is 0 Å². The molecule has 8 heteroatoms. The van der Waals surface area contributed by atoms with Gasteiger partial charge in [-0.05, 0) is 51.5 Å². The Morgan fingerprint density at radius 3 is 2.50 bits per heavy atom. The van der Waals surface area contributed by atoms with E-state index in [0.717, 1.165) is 24.2 Å². The molecule has 5 nitrogen and oxygen atoms in total. The molecule has 1 aromatic carbocycles. The Labute approximate surface area is 161 Å². The minimum absolute atomic E-state index is 0.0795. The molecule has 3 rings (SSSR count). The smallest absolute Gasteiger partial charge is 0.416 e. The van der Waals surface area contributed by atoms with Crippen molar-refractivity contribution in [3.8, 4) is 11.5 Å². The number of benzene rings is 1. The van der Waals surface area contributed by atoms with Gasteiger partial charge in [0.1, 0.15) is 5.76 Å². The van der Waals surface area contributed by atoms with E-state index in [4.69, 9.17) is 4.42 Å². The molecule has 0 saturated carbocycles. The topological polar surface area (TPSA) is 58.4 Å². The van der Waals surface area contributed by atoms with Gasteiger partial charge in [-0.3, -0.25) is 9.69 Å². The summed E-state index contributed by atoms with van der Waals surface area (Å²) in [7, 11) is 0. The third kappa shape index (κ3) is 4.73. The van der Waals surface area contributed by atoms with E-state index < -0.39 is 11.7 Å². The number of aromatic nitrogens is 1. The van der Waals surface area contributed by atoms with E-state index in [0.29, 0.717) is 36.7 Å². The number of oxazole rings is 1. The Morgan fingerprint density at radius 1 is 1.29 bits per heavy atom. The molecule has 1 aromatic heterocycles. The van der Waals surface area contributed by atoms with E-state index in [1.807, 2.05) is 0 Å². The lowest BCUT2D eigenvalue weighted by Gasteiger charge is -2.28. The second kappa shape index (κ2) is 7.95. The maximum atomic E-state index is 12.7. The lowest BCUT2D eigenvalue weighted by molar-refractivity contribution is -0.137. The van der Waals surface area contributed by atoms with E-state index in [-0.39, 0.29) is 18.0 Å². The normalized spacial score (nSPS) is 17.6. The van der Waals surface area contributed by atoms with E-state index in [1.165, 1.54) is 12.1 Å². The number of nitrogens with zero attached hydrogens (tertiary/aromatic N) is 2. The lowest BCUT2D eigenvalue weighted by atomic mass is 10.1. The van der Waals surface area contributed by atoms with Crippen molar-refractivity contribution in [2.45, 2.75) is 58.4 Å². The van der Waals surface area contributed by atoms with Crippen LogP contribution in [0, 0.1) is 6.92 Å². The van der Waals surface area contributed by atoms with E-state index in [9.17, 15) is 18.0 Å². The van der Waals surface area contributed by atoms with E-state index in [2.05, 4.69) is 29.0 Å². The first kappa shape index (κ1) is 20.4. The molecule has 0 bridgehead atoms. The summed E-state index contributed by atoms with van der Waals surface area (Å²) in [4.78, 5) is 18.1. The fraction of sp³-hybridized carbons (Fsp3) is 0.500. The Hall–Kier alpha value is -2.35. The van der Waals surface area contributed by atoms with Crippen LogP contribution in [-0.4, -0.2) is 34.4 Å². The van der Waals surface area contributed by atoms with Crippen molar-refractivity contribution in [3.63, 3.8) is 0 Å². The molecule has 1 unspecified atom stereocenters. The molecule has 0 spiro atoms. The zero-order valence-corrected chi connectivity index (χ0v) is 16.1.